The zero-order valence-electron chi connectivity index (χ0n) is 11.5. The van der Waals surface area contributed by atoms with Crippen molar-refractivity contribution in [3.05, 3.63) is 34.9 Å². The highest BCUT2D eigenvalue weighted by molar-refractivity contribution is 5.94. The molecule has 3 heteroatoms. The lowest BCUT2D eigenvalue weighted by Crippen LogP contribution is -2.37. The topological polar surface area (TPSA) is 41.1 Å². The van der Waals surface area contributed by atoms with E-state index in [4.69, 9.17) is 0 Å². The molecule has 0 spiro atoms. The predicted molar refractivity (Wildman–Crippen MR) is 75.9 cm³/mol. The zero-order chi connectivity index (χ0) is 13.2. The van der Waals surface area contributed by atoms with E-state index in [-0.39, 0.29) is 5.91 Å². The summed E-state index contributed by atoms with van der Waals surface area (Å²) >= 11 is 0. The Morgan fingerprint density at radius 2 is 2.00 bits per heavy atom. The molecule has 3 nitrogen and oxygen atoms in total. The van der Waals surface area contributed by atoms with E-state index in [1.54, 1.807) is 0 Å². The number of hydrogen-bond donors (Lipinski definition) is 2. The molecule has 0 radical (unpaired) electrons. The van der Waals surface area contributed by atoms with Crippen molar-refractivity contribution in [3.8, 4) is 0 Å². The molecule has 19 heavy (non-hydrogen) atoms. The third-order valence-electron chi connectivity index (χ3n) is 4.57. The molecular weight excluding hydrogens is 236 g/mol. The van der Waals surface area contributed by atoms with Gasteiger partial charge in [0.25, 0.3) is 5.91 Å². The molecule has 1 aromatic carbocycles. The molecule has 102 valence electrons. The lowest BCUT2D eigenvalue weighted by atomic mass is 9.99. The molecule has 1 atom stereocenters. The quantitative estimate of drug-likeness (QED) is 0.875. The first-order valence-corrected chi connectivity index (χ1v) is 7.37. The van der Waals surface area contributed by atoms with Crippen molar-refractivity contribution >= 4 is 5.91 Å². The number of carbonyl (C=O) groups is 1. The Bertz CT molecular complexity index is 478. The Morgan fingerprint density at radius 3 is 2.79 bits per heavy atom. The smallest absolute Gasteiger partial charge is 0.251 e. The summed E-state index contributed by atoms with van der Waals surface area (Å²) in [5.74, 6) is 0.745. The first-order chi connectivity index (χ1) is 9.24. The normalized spacial score (nSPS) is 20.3. The molecule has 3 rings (SSSR count). The second-order valence-electron chi connectivity index (χ2n) is 5.89. The standard InChI is InChI=1S/C16H22N2O/c1-11(12-4-2-3-5-12)18-16(19)13-6-7-14-9-17-10-15(14)8-13/h6-8,11-12,17H,2-5,9-10H2,1H3,(H,18,19). The molecule has 0 saturated heterocycles. The van der Waals surface area contributed by atoms with E-state index in [9.17, 15) is 4.79 Å². The van der Waals surface area contributed by atoms with E-state index in [2.05, 4.69) is 23.6 Å². The van der Waals surface area contributed by atoms with Crippen molar-refractivity contribution in [2.45, 2.75) is 51.7 Å². The van der Waals surface area contributed by atoms with Gasteiger partial charge in [-0.2, -0.15) is 0 Å². The summed E-state index contributed by atoms with van der Waals surface area (Å²) in [4.78, 5) is 12.3. The van der Waals surface area contributed by atoms with Crippen LogP contribution in [0.4, 0.5) is 0 Å². The minimum atomic E-state index is 0.0779. The van der Waals surface area contributed by atoms with Crippen molar-refractivity contribution in [2.24, 2.45) is 5.92 Å². The average molecular weight is 258 g/mol. The molecule has 1 unspecified atom stereocenters. The van der Waals surface area contributed by atoms with E-state index in [0.29, 0.717) is 12.0 Å². The fourth-order valence-electron chi connectivity index (χ4n) is 3.30. The van der Waals surface area contributed by atoms with Gasteiger partial charge < -0.3 is 10.6 Å². The summed E-state index contributed by atoms with van der Waals surface area (Å²) in [5, 5.41) is 6.48. The maximum absolute atomic E-state index is 12.3. The number of benzene rings is 1. The van der Waals surface area contributed by atoms with Gasteiger partial charge >= 0.3 is 0 Å². The third-order valence-corrected chi connectivity index (χ3v) is 4.57. The van der Waals surface area contributed by atoms with Crippen LogP contribution in [0.2, 0.25) is 0 Å². The average Bonchev–Trinajstić information content (AvgIpc) is 3.09. The summed E-state index contributed by atoms with van der Waals surface area (Å²) in [6.07, 6.45) is 5.15. The molecule has 2 aliphatic rings. The Morgan fingerprint density at radius 1 is 1.26 bits per heavy atom. The van der Waals surface area contributed by atoms with Gasteiger partial charge in [-0.15, -0.1) is 0 Å². The molecule has 1 amide bonds. The Balaban J connectivity index is 1.66. The van der Waals surface area contributed by atoms with E-state index in [0.717, 1.165) is 18.7 Å². The minimum absolute atomic E-state index is 0.0779. The minimum Gasteiger partial charge on any atom is -0.349 e. The largest absolute Gasteiger partial charge is 0.349 e. The Kier molecular flexibility index (Phi) is 3.56. The highest BCUT2D eigenvalue weighted by atomic mass is 16.1. The zero-order valence-corrected chi connectivity index (χ0v) is 11.5. The van der Waals surface area contributed by atoms with Crippen LogP contribution in [0.15, 0.2) is 18.2 Å². The third kappa shape index (κ3) is 2.66. The van der Waals surface area contributed by atoms with Gasteiger partial charge in [0.15, 0.2) is 0 Å². The number of nitrogens with one attached hydrogen (secondary N) is 2. The SMILES string of the molecule is CC(NC(=O)c1ccc2c(c1)CNC2)C1CCCC1. The van der Waals surface area contributed by atoms with Crippen molar-refractivity contribution in [2.75, 3.05) is 0 Å². The molecule has 1 saturated carbocycles. The van der Waals surface area contributed by atoms with E-state index < -0.39 is 0 Å². The molecule has 1 aromatic rings. The number of carbonyl (C=O) groups excluding carboxylic acids is 1. The van der Waals surface area contributed by atoms with Crippen molar-refractivity contribution in [1.82, 2.24) is 10.6 Å². The van der Waals surface area contributed by atoms with Gasteiger partial charge in [-0.05, 0) is 48.9 Å². The van der Waals surface area contributed by atoms with Gasteiger partial charge in [0.2, 0.25) is 0 Å². The maximum Gasteiger partial charge on any atom is 0.251 e. The summed E-state index contributed by atoms with van der Waals surface area (Å²) in [6.45, 7) is 3.95. The molecule has 1 aliphatic carbocycles. The summed E-state index contributed by atoms with van der Waals surface area (Å²) in [5.41, 5.74) is 3.38. The molecular formula is C16H22N2O. The molecule has 0 bridgehead atoms. The number of fused-ring (bicyclic) bond motifs is 1. The van der Waals surface area contributed by atoms with Gasteiger partial charge in [0.05, 0.1) is 0 Å². The number of rotatable bonds is 3. The van der Waals surface area contributed by atoms with E-state index >= 15 is 0 Å². The molecule has 2 N–H and O–H groups in total. The second kappa shape index (κ2) is 5.33. The van der Waals surface area contributed by atoms with Crippen molar-refractivity contribution < 1.29 is 4.79 Å². The molecule has 1 aliphatic heterocycles. The van der Waals surface area contributed by atoms with Crippen molar-refractivity contribution in [3.63, 3.8) is 0 Å². The van der Waals surface area contributed by atoms with Crippen LogP contribution in [-0.2, 0) is 13.1 Å². The van der Waals surface area contributed by atoms with Crippen LogP contribution in [0.5, 0.6) is 0 Å². The number of amides is 1. The summed E-state index contributed by atoms with van der Waals surface area (Å²) in [7, 11) is 0. The summed E-state index contributed by atoms with van der Waals surface area (Å²) < 4.78 is 0. The highest BCUT2D eigenvalue weighted by Gasteiger charge is 2.23. The highest BCUT2D eigenvalue weighted by Crippen LogP contribution is 2.27. The van der Waals surface area contributed by atoms with E-state index in [1.165, 1.54) is 36.8 Å². The predicted octanol–water partition coefficient (Wildman–Crippen LogP) is 2.60. The lowest BCUT2D eigenvalue weighted by molar-refractivity contribution is 0.0927. The van der Waals surface area contributed by atoms with Crippen LogP contribution in [0, 0.1) is 5.92 Å². The second-order valence-corrected chi connectivity index (χ2v) is 5.89. The molecule has 1 fully saturated rings. The molecule has 0 aromatic heterocycles. The molecule has 1 heterocycles. The first-order valence-electron chi connectivity index (χ1n) is 7.37. The van der Waals surface area contributed by atoms with Gasteiger partial charge in [0.1, 0.15) is 0 Å². The lowest BCUT2D eigenvalue weighted by Gasteiger charge is -2.20. The van der Waals surface area contributed by atoms with Gasteiger partial charge in [-0.25, -0.2) is 0 Å². The van der Waals surface area contributed by atoms with Crippen LogP contribution in [0.25, 0.3) is 0 Å². The maximum atomic E-state index is 12.3. The van der Waals surface area contributed by atoms with Crippen LogP contribution < -0.4 is 10.6 Å². The van der Waals surface area contributed by atoms with Gasteiger partial charge in [-0.3, -0.25) is 4.79 Å². The fourth-order valence-corrected chi connectivity index (χ4v) is 3.30. The number of hydrogen-bond acceptors (Lipinski definition) is 2. The Labute approximate surface area is 114 Å². The van der Waals surface area contributed by atoms with E-state index in [1.807, 2.05) is 12.1 Å². The Hall–Kier alpha value is -1.35. The van der Waals surface area contributed by atoms with Crippen LogP contribution in [-0.4, -0.2) is 11.9 Å². The van der Waals surface area contributed by atoms with Crippen LogP contribution in [0.3, 0.4) is 0 Å². The van der Waals surface area contributed by atoms with Crippen LogP contribution >= 0.6 is 0 Å². The fraction of sp³-hybridized carbons (Fsp3) is 0.562. The van der Waals surface area contributed by atoms with Gasteiger partial charge in [-0.1, -0.05) is 18.9 Å². The monoisotopic (exact) mass is 258 g/mol. The van der Waals surface area contributed by atoms with Crippen molar-refractivity contribution in [1.29, 1.82) is 0 Å². The summed E-state index contributed by atoms with van der Waals surface area (Å²) in [6, 6.07) is 6.35. The first kappa shape index (κ1) is 12.7. The van der Waals surface area contributed by atoms with Crippen LogP contribution in [0.1, 0.15) is 54.1 Å². The van der Waals surface area contributed by atoms with Gasteiger partial charge in [0, 0.05) is 24.7 Å².